The highest BCUT2D eigenvalue weighted by Gasteiger charge is 2.72. The second-order valence-electron chi connectivity index (χ2n) is 12.6. The standard InChI is InChI=1S/C32H44N4O5/c1-21(2)22-9-11-24(12-10-22)33-29(37)26-25-13-14-32(41-25)27(26)31(39)36(16-6-15-35-17-19-40-20-18-35)28(32)30(38)34-23-7-4-3-5-8-23/h9-14,21,23,25-28H,3-8,15-20H2,1-2H3,(H,33,37)(H,34,38)/t25-,26-,27-,28-,32-/m0/s1. The molecule has 4 aliphatic heterocycles. The number of morpholine rings is 1. The Morgan fingerprint density at radius 1 is 1.02 bits per heavy atom. The molecule has 5 atom stereocenters. The predicted octanol–water partition coefficient (Wildman–Crippen LogP) is 3.07. The lowest BCUT2D eigenvalue weighted by Gasteiger charge is -2.34. The van der Waals surface area contributed by atoms with Crippen molar-refractivity contribution in [2.45, 2.75) is 82.1 Å². The van der Waals surface area contributed by atoms with Crippen LogP contribution in [-0.2, 0) is 23.9 Å². The number of anilines is 1. The van der Waals surface area contributed by atoms with Crippen molar-refractivity contribution in [1.82, 2.24) is 15.1 Å². The van der Waals surface area contributed by atoms with Gasteiger partial charge in [0.2, 0.25) is 17.7 Å². The van der Waals surface area contributed by atoms with Crippen LogP contribution in [0, 0.1) is 11.8 Å². The van der Waals surface area contributed by atoms with E-state index in [-0.39, 0.29) is 23.8 Å². The lowest BCUT2D eigenvalue weighted by atomic mass is 9.74. The quantitative estimate of drug-likeness (QED) is 0.448. The van der Waals surface area contributed by atoms with Crippen LogP contribution in [0.1, 0.15) is 63.9 Å². The molecule has 4 fully saturated rings. The molecule has 4 heterocycles. The number of hydrogen-bond donors (Lipinski definition) is 2. The van der Waals surface area contributed by atoms with Gasteiger partial charge in [-0.25, -0.2) is 0 Å². The monoisotopic (exact) mass is 564 g/mol. The number of fused-ring (bicyclic) bond motifs is 1. The minimum Gasteiger partial charge on any atom is -0.379 e. The topological polar surface area (TPSA) is 100 Å². The number of carbonyl (C=O) groups is 3. The van der Waals surface area contributed by atoms with Gasteiger partial charge in [-0.1, -0.05) is 57.4 Å². The average molecular weight is 565 g/mol. The Labute approximate surface area is 243 Å². The Hall–Kier alpha value is -2.75. The third-order valence-electron chi connectivity index (χ3n) is 9.70. The molecule has 1 spiro atoms. The predicted molar refractivity (Wildman–Crippen MR) is 155 cm³/mol. The number of nitrogens with zero attached hydrogens (tertiary/aromatic N) is 2. The highest BCUT2D eigenvalue weighted by molar-refractivity contribution is 6.02. The fourth-order valence-electron chi connectivity index (χ4n) is 7.50. The summed E-state index contributed by atoms with van der Waals surface area (Å²) < 4.78 is 12.0. The van der Waals surface area contributed by atoms with Gasteiger partial charge in [0.1, 0.15) is 11.6 Å². The third kappa shape index (κ3) is 5.44. The van der Waals surface area contributed by atoms with Crippen molar-refractivity contribution < 1.29 is 23.9 Å². The van der Waals surface area contributed by atoms with E-state index in [1.807, 2.05) is 36.4 Å². The van der Waals surface area contributed by atoms with Crippen LogP contribution < -0.4 is 10.6 Å². The Kier molecular flexibility index (Phi) is 8.21. The van der Waals surface area contributed by atoms with Crippen molar-refractivity contribution in [3.63, 3.8) is 0 Å². The molecule has 0 aromatic heterocycles. The molecule has 1 aliphatic carbocycles. The number of rotatable bonds is 9. The first-order chi connectivity index (χ1) is 19.9. The number of ether oxygens (including phenoxy) is 2. The van der Waals surface area contributed by atoms with Gasteiger partial charge in [-0.05, 0) is 42.9 Å². The van der Waals surface area contributed by atoms with Crippen LogP contribution in [0.2, 0.25) is 0 Å². The smallest absolute Gasteiger partial charge is 0.246 e. The summed E-state index contributed by atoms with van der Waals surface area (Å²) in [4.78, 5) is 45.9. The summed E-state index contributed by atoms with van der Waals surface area (Å²) in [6.07, 6.45) is 9.31. The Balaban J connectivity index is 1.22. The molecule has 0 unspecified atom stereocenters. The molecule has 2 bridgehead atoms. The molecular formula is C32H44N4O5. The molecule has 3 amide bonds. The first-order valence-corrected chi connectivity index (χ1v) is 15.6. The molecule has 41 heavy (non-hydrogen) atoms. The normalized spacial score (nSPS) is 31.6. The van der Waals surface area contributed by atoms with Crippen LogP contribution in [0.4, 0.5) is 5.69 Å². The minimum absolute atomic E-state index is 0.118. The van der Waals surface area contributed by atoms with Crippen LogP contribution >= 0.6 is 0 Å². The Morgan fingerprint density at radius 3 is 2.46 bits per heavy atom. The third-order valence-corrected chi connectivity index (χ3v) is 9.70. The molecule has 1 aromatic rings. The number of hydrogen-bond acceptors (Lipinski definition) is 6. The summed E-state index contributed by atoms with van der Waals surface area (Å²) >= 11 is 0. The molecule has 2 N–H and O–H groups in total. The lowest BCUT2D eigenvalue weighted by Crippen LogP contribution is -2.56. The summed E-state index contributed by atoms with van der Waals surface area (Å²) in [5, 5.41) is 6.30. The molecule has 6 rings (SSSR count). The van der Waals surface area contributed by atoms with E-state index >= 15 is 0 Å². The fraction of sp³-hybridized carbons (Fsp3) is 0.656. The molecule has 3 saturated heterocycles. The number of likely N-dealkylation sites (tertiary alicyclic amines) is 1. The average Bonchev–Trinajstić information content (AvgIpc) is 3.62. The highest BCUT2D eigenvalue weighted by Crippen LogP contribution is 2.55. The van der Waals surface area contributed by atoms with E-state index < -0.39 is 29.6 Å². The van der Waals surface area contributed by atoms with Crippen LogP contribution in [0.3, 0.4) is 0 Å². The van der Waals surface area contributed by atoms with E-state index in [4.69, 9.17) is 9.47 Å². The van der Waals surface area contributed by atoms with Crippen molar-refractivity contribution in [2.75, 3.05) is 44.7 Å². The van der Waals surface area contributed by atoms with E-state index in [1.54, 1.807) is 4.90 Å². The van der Waals surface area contributed by atoms with Gasteiger partial charge in [0, 0.05) is 37.9 Å². The van der Waals surface area contributed by atoms with Gasteiger partial charge in [0.25, 0.3) is 0 Å². The Morgan fingerprint density at radius 2 is 1.76 bits per heavy atom. The van der Waals surface area contributed by atoms with E-state index in [0.717, 1.165) is 65.0 Å². The summed E-state index contributed by atoms with van der Waals surface area (Å²) in [6.45, 7) is 8.73. The fourth-order valence-corrected chi connectivity index (χ4v) is 7.50. The summed E-state index contributed by atoms with van der Waals surface area (Å²) in [7, 11) is 0. The minimum atomic E-state index is -1.12. The summed E-state index contributed by atoms with van der Waals surface area (Å²) in [6, 6.07) is 7.18. The van der Waals surface area contributed by atoms with Crippen LogP contribution in [0.15, 0.2) is 36.4 Å². The lowest BCUT2D eigenvalue weighted by molar-refractivity contribution is -0.141. The van der Waals surface area contributed by atoms with Crippen LogP contribution in [0.25, 0.3) is 0 Å². The van der Waals surface area contributed by atoms with Gasteiger partial charge in [-0.3, -0.25) is 19.3 Å². The van der Waals surface area contributed by atoms with Gasteiger partial charge < -0.3 is 25.0 Å². The second kappa shape index (κ2) is 11.9. The van der Waals surface area contributed by atoms with E-state index in [9.17, 15) is 14.4 Å². The maximum absolute atomic E-state index is 14.2. The van der Waals surface area contributed by atoms with Gasteiger partial charge in [-0.15, -0.1) is 0 Å². The van der Waals surface area contributed by atoms with Crippen LogP contribution in [0.5, 0.6) is 0 Å². The molecule has 9 heteroatoms. The zero-order valence-electron chi connectivity index (χ0n) is 24.3. The second-order valence-corrected chi connectivity index (χ2v) is 12.6. The van der Waals surface area contributed by atoms with Gasteiger partial charge >= 0.3 is 0 Å². The largest absolute Gasteiger partial charge is 0.379 e. The molecule has 9 nitrogen and oxygen atoms in total. The number of carbonyl (C=O) groups excluding carboxylic acids is 3. The molecule has 222 valence electrons. The molecular weight excluding hydrogens is 520 g/mol. The van der Waals surface area contributed by atoms with E-state index in [1.165, 1.54) is 12.0 Å². The molecule has 1 aromatic carbocycles. The Bertz CT molecular complexity index is 1160. The van der Waals surface area contributed by atoms with Crippen molar-refractivity contribution >= 4 is 23.4 Å². The maximum atomic E-state index is 14.2. The van der Waals surface area contributed by atoms with Crippen LogP contribution in [-0.4, -0.2) is 90.7 Å². The summed E-state index contributed by atoms with van der Waals surface area (Å²) in [5.41, 5.74) is 0.765. The van der Waals surface area contributed by atoms with Gasteiger partial charge in [0.15, 0.2) is 0 Å². The first-order valence-electron chi connectivity index (χ1n) is 15.6. The zero-order valence-corrected chi connectivity index (χ0v) is 24.3. The molecule has 0 radical (unpaired) electrons. The maximum Gasteiger partial charge on any atom is 0.246 e. The van der Waals surface area contributed by atoms with Gasteiger partial charge in [0.05, 0.1) is 31.2 Å². The SMILES string of the molecule is CC(C)c1ccc(NC(=O)[C@H]2[C@@H]3C=C[C@]4(O3)[C@@H]2C(=O)N(CCCN2CCOCC2)[C@H]4C(=O)NC2CCCCC2)cc1. The van der Waals surface area contributed by atoms with Crippen molar-refractivity contribution in [3.8, 4) is 0 Å². The molecule has 1 saturated carbocycles. The number of nitrogens with one attached hydrogen (secondary N) is 2. The van der Waals surface area contributed by atoms with E-state index in [0.29, 0.717) is 18.2 Å². The number of benzene rings is 1. The van der Waals surface area contributed by atoms with Crippen molar-refractivity contribution in [2.24, 2.45) is 11.8 Å². The van der Waals surface area contributed by atoms with Crippen molar-refractivity contribution in [3.05, 3.63) is 42.0 Å². The highest BCUT2D eigenvalue weighted by atomic mass is 16.5. The zero-order chi connectivity index (χ0) is 28.6. The van der Waals surface area contributed by atoms with Crippen molar-refractivity contribution in [1.29, 1.82) is 0 Å². The first kappa shape index (κ1) is 28.4. The van der Waals surface area contributed by atoms with Gasteiger partial charge in [-0.2, -0.15) is 0 Å². The van der Waals surface area contributed by atoms with E-state index in [2.05, 4.69) is 29.4 Å². The molecule has 5 aliphatic rings. The number of amides is 3. The summed E-state index contributed by atoms with van der Waals surface area (Å²) in [5.74, 6) is -1.57.